The third-order valence-electron chi connectivity index (χ3n) is 5.63. The van der Waals surface area contributed by atoms with Crippen molar-refractivity contribution in [2.75, 3.05) is 11.9 Å². The Morgan fingerprint density at radius 3 is 2.56 bits per heavy atom. The first kappa shape index (κ1) is 22.9. The smallest absolute Gasteiger partial charge is 0.257 e. The summed E-state index contributed by atoms with van der Waals surface area (Å²) in [4.78, 5) is 17.3. The van der Waals surface area contributed by atoms with Gasteiger partial charge in [0.05, 0.1) is 10.6 Å². The number of nitrogens with zero attached hydrogens (tertiary/aromatic N) is 2. The van der Waals surface area contributed by atoms with Crippen molar-refractivity contribution in [3.05, 3.63) is 64.5 Å². The highest BCUT2D eigenvalue weighted by Crippen LogP contribution is 2.28. The van der Waals surface area contributed by atoms with E-state index in [1.54, 1.807) is 28.6 Å². The second-order valence-electron chi connectivity index (χ2n) is 7.70. The molecule has 0 saturated carbocycles. The molecule has 0 bridgehead atoms. The molecule has 1 N–H and O–H groups in total. The van der Waals surface area contributed by atoms with E-state index in [2.05, 4.69) is 10.3 Å². The van der Waals surface area contributed by atoms with Crippen LogP contribution in [0.25, 0.3) is 11.3 Å². The molecule has 168 valence electrons. The maximum Gasteiger partial charge on any atom is 0.257 e. The van der Waals surface area contributed by atoms with Crippen molar-refractivity contribution in [3.63, 3.8) is 0 Å². The summed E-state index contributed by atoms with van der Waals surface area (Å²) in [6, 6.07) is 13.5. The van der Waals surface area contributed by atoms with Crippen molar-refractivity contribution in [1.29, 1.82) is 0 Å². The van der Waals surface area contributed by atoms with Crippen molar-refractivity contribution in [2.45, 2.75) is 43.5 Å². The lowest BCUT2D eigenvalue weighted by molar-refractivity contribution is 0.102. The number of nitrogens with one attached hydrogen (secondary N) is 1. The van der Waals surface area contributed by atoms with Crippen LogP contribution in [0.5, 0.6) is 0 Å². The fourth-order valence-electron chi connectivity index (χ4n) is 3.87. The molecular formula is C23H24ClN3O3S2. The Morgan fingerprint density at radius 2 is 1.88 bits per heavy atom. The Labute approximate surface area is 197 Å². The molecule has 3 aromatic rings. The van der Waals surface area contributed by atoms with Crippen LogP contribution in [0.1, 0.15) is 43.0 Å². The van der Waals surface area contributed by atoms with Crippen LogP contribution in [0.2, 0.25) is 5.02 Å². The number of sulfonamides is 1. The second-order valence-corrected chi connectivity index (χ2v) is 10.9. The highest BCUT2D eigenvalue weighted by atomic mass is 35.5. The number of amides is 1. The van der Waals surface area contributed by atoms with Gasteiger partial charge in [-0.2, -0.15) is 4.31 Å². The molecule has 2 aromatic carbocycles. The fraction of sp³-hybridized carbons (Fsp3) is 0.304. The van der Waals surface area contributed by atoms with E-state index in [4.69, 9.17) is 11.6 Å². The lowest BCUT2D eigenvalue weighted by atomic mass is 10.0. The highest BCUT2D eigenvalue weighted by Gasteiger charge is 2.32. The molecule has 9 heteroatoms. The van der Waals surface area contributed by atoms with Crippen molar-refractivity contribution in [3.8, 4) is 11.3 Å². The Morgan fingerprint density at radius 1 is 1.16 bits per heavy atom. The van der Waals surface area contributed by atoms with E-state index in [1.807, 2.05) is 24.4 Å². The summed E-state index contributed by atoms with van der Waals surface area (Å²) in [5.41, 5.74) is 2.03. The highest BCUT2D eigenvalue weighted by molar-refractivity contribution is 7.89. The predicted octanol–water partition coefficient (Wildman–Crippen LogP) is 5.67. The number of hydrogen-bond acceptors (Lipinski definition) is 5. The van der Waals surface area contributed by atoms with E-state index in [0.717, 1.165) is 36.9 Å². The Balaban J connectivity index is 1.46. The average molecular weight is 490 g/mol. The van der Waals surface area contributed by atoms with Crippen molar-refractivity contribution in [2.24, 2.45) is 0 Å². The number of thiazole rings is 1. The predicted molar refractivity (Wildman–Crippen MR) is 129 cm³/mol. The molecule has 1 atom stereocenters. The van der Waals surface area contributed by atoms with Crippen LogP contribution in [0.4, 0.5) is 5.13 Å². The maximum atomic E-state index is 13.1. The standard InChI is InChI=1S/C23H24ClN3O3S2/c1-2-19-5-3-4-14-27(19)32(29,30)20-12-8-17(9-13-20)22(28)26-23-25-21(15-31-23)16-6-10-18(24)11-7-16/h6-13,15,19H,2-5,14H2,1H3,(H,25,26,28). The minimum atomic E-state index is -3.57. The minimum Gasteiger partial charge on any atom is -0.298 e. The monoisotopic (exact) mass is 489 g/mol. The largest absolute Gasteiger partial charge is 0.298 e. The summed E-state index contributed by atoms with van der Waals surface area (Å²) in [6.07, 6.45) is 3.62. The van der Waals surface area contributed by atoms with E-state index in [-0.39, 0.29) is 16.8 Å². The van der Waals surface area contributed by atoms with Gasteiger partial charge in [0.2, 0.25) is 10.0 Å². The quantitative estimate of drug-likeness (QED) is 0.483. The molecule has 6 nitrogen and oxygen atoms in total. The normalized spacial score (nSPS) is 17.2. The second kappa shape index (κ2) is 9.70. The maximum absolute atomic E-state index is 13.1. The van der Waals surface area contributed by atoms with E-state index in [1.165, 1.54) is 23.5 Å². The molecular weight excluding hydrogens is 466 g/mol. The molecule has 1 aliphatic rings. The molecule has 0 radical (unpaired) electrons. The molecule has 1 unspecified atom stereocenters. The summed E-state index contributed by atoms with van der Waals surface area (Å²) in [5, 5.41) is 5.75. The van der Waals surface area contributed by atoms with Gasteiger partial charge < -0.3 is 0 Å². The lowest BCUT2D eigenvalue weighted by Crippen LogP contribution is -2.43. The van der Waals surface area contributed by atoms with Crippen LogP contribution in [-0.4, -0.2) is 36.2 Å². The molecule has 4 rings (SSSR count). The zero-order valence-corrected chi connectivity index (χ0v) is 20.0. The van der Waals surface area contributed by atoms with Gasteiger partial charge in [-0.05, 0) is 55.7 Å². The number of benzene rings is 2. The molecule has 1 aliphatic heterocycles. The van der Waals surface area contributed by atoms with Gasteiger partial charge in [-0.1, -0.05) is 37.1 Å². The number of rotatable bonds is 6. The molecule has 0 aliphatic carbocycles. The van der Waals surface area contributed by atoms with Gasteiger partial charge in [0.1, 0.15) is 0 Å². The van der Waals surface area contributed by atoms with Crippen molar-refractivity contribution in [1.82, 2.24) is 9.29 Å². The lowest BCUT2D eigenvalue weighted by Gasteiger charge is -2.34. The van der Waals surface area contributed by atoms with E-state index < -0.39 is 10.0 Å². The number of anilines is 1. The van der Waals surface area contributed by atoms with Crippen LogP contribution in [0.15, 0.2) is 58.8 Å². The number of halogens is 1. The summed E-state index contributed by atoms with van der Waals surface area (Å²) < 4.78 is 27.8. The Kier molecular flexibility index (Phi) is 6.95. The molecule has 1 fully saturated rings. The van der Waals surface area contributed by atoms with E-state index in [0.29, 0.717) is 22.3 Å². The third-order valence-corrected chi connectivity index (χ3v) is 8.61. The Bertz CT molecular complexity index is 1190. The van der Waals surface area contributed by atoms with Crippen LogP contribution in [0.3, 0.4) is 0 Å². The van der Waals surface area contributed by atoms with Gasteiger partial charge in [-0.25, -0.2) is 13.4 Å². The molecule has 1 amide bonds. The van der Waals surface area contributed by atoms with Crippen LogP contribution in [0, 0.1) is 0 Å². The van der Waals surface area contributed by atoms with Crippen LogP contribution < -0.4 is 5.32 Å². The van der Waals surface area contributed by atoms with Crippen molar-refractivity contribution < 1.29 is 13.2 Å². The van der Waals surface area contributed by atoms with Gasteiger partial charge in [0.15, 0.2) is 5.13 Å². The molecule has 1 aromatic heterocycles. The summed E-state index contributed by atoms with van der Waals surface area (Å²) in [5.74, 6) is -0.338. The Hall–Kier alpha value is -2.26. The van der Waals surface area contributed by atoms with E-state index >= 15 is 0 Å². The van der Waals surface area contributed by atoms with Crippen LogP contribution >= 0.6 is 22.9 Å². The summed E-state index contributed by atoms with van der Waals surface area (Å²) in [7, 11) is -3.57. The van der Waals surface area contributed by atoms with Gasteiger partial charge in [0, 0.05) is 34.1 Å². The number of hydrogen-bond donors (Lipinski definition) is 1. The number of carbonyl (C=O) groups is 1. The average Bonchev–Trinajstić information content (AvgIpc) is 3.28. The minimum absolute atomic E-state index is 0.0384. The zero-order valence-electron chi connectivity index (χ0n) is 17.6. The number of piperidine rings is 1. The van der Waals surface area contributed by atoms with Crippen LogP contribution in [-0.2, 0) is 10.0 Å². The first-order valence-corrected chi connectivity index (χ1v) is 13.2. The zero-order chi connectivity index (χ0) is 22.7. The number of aromatic nitrogens is 1. The first-order chi connectivity index (χ1) is 15.4. The fourth-order valence-corrected chi connectivity index (χ4v) is 6.47. The van der Waals surface area contributed by atoms with Crippen molar-refractivity contribution >= 4 is 44.0 Å². The van der Waals surface area contributed by atoms with E-state index in [9.17, 15) is 13.2 Å². The topological polar surface area (TPSA) is 79.4 Å². The summed E-state index contributed by atoms with van der Waals surface area (Å²) in [6.45, 7) is 2.56. The van der Waals surface area contributed by atoms with Gasteiger partial charge in [-0.3, -0.25) is 10.1 Å². The van der Waals surface area contributed by atoms with Gasteiger partial charge >= 0.3 is 0 Å². The molecule has 0 spiro atoms. The number of carbonyl (C=O) groups excluding carboxylic acids is 1. The summed E-state index contributed by atoms with van der Waals surface area (Å²) >= 11 is 7.25. The first-order valence-electron chi connectivity index (χ1n) is 10.5. The van der Waals surface area contributed by atoms with Gasteiger partial charge in [0.25, 0.3) is 5.91 Å². The SMILES string of the molecule is CCC1CCCCN1S(=O)(=O)c1ccc(C(=O)Nc2nc(-c3ccc(Cl)cc3)cs2)cc1. The molecule has 2 heterocycles. The third kappa shape index (κ3) is 4.88. The van der Waals surface area contributed by atoms with Gasteiger partial charge in [-0.15, -0.1) is 11.3 Å². The molecule has 1 saturated heterocycles. The molecule has 32 heavy (non-hydrogen) atoms.